The number of nitrogens with zero attached hydrogens (tertiary/aromatic N) is 1. The van der Waals surface area contributed by atoms with Crippen molar-refractivity contribution in [3.63, 3.8) is 0 Å². The zero-order chi connectivity index (χ0) is 8.85. The number of nitrogens with one attached hydrogen (secondary N) is 1. The molecule has 0 unspecified atom stereocenters. The molecule has 1 amide bonds. The Kier molecular flexibility index (Phi) is 4.21. The summed E-state index contributed by atoms with van der Waals surface area (Å²) < 4.78 is 0. The van der Waals surface area contributed by atoms with Gasteiger partial charge in [-0.2, -0.15) is 0 Å². The fourth-order valence-electron chi connectivity index (χ4n) is 0.616. The monoisotopic (exact) mass is 160 g/mol. The number of aliphatic carboxylic acids is 1. The van der Waals surface area contributed by atoms with Crippen LogP contribution in [0.5, 0.6) is 0 Å². The molecule has 0 heterocycles. The number of carbonyl (C=O) groups excluding carboxylic acids is 1. The number of carboxylic acids is 1. The quantitative estimate of drug-likeness (QED) is 0.541. The molecule has 0 saturated carbocycles. The Morgan fingerprint density at radius 2 is 2.09 bits per heavy atom. The van der Waals surface area contributed by atoms with Gasteiger partial charge in [0.15, 0.2) is 0 Å². The third-order valence-electron chi connectivity index (χ3n) is 1.02. The van der Waals surface area contributed by atoms with Crippen LogP contribution in [0.2, 0.25) is 0 Å². The Morgan fingerprint density at radius 3 is 2.36 bits per heavy atom. The van der Waals surface area contributed by atoms with Crippen LogP contribution in [-0.2, 0) is 9.59 Å². The minimum atomic E-state index is -0.958. The number of hydrazine groups is 1. The molecule has 64 valence electrons. The highest BCUT2D eigenvalue weighted by atomic mass is 16.4. The van der Waals surface area contributed by atoms with E-state index in [0.29, 0.717) is 6.54 Å². The van der Waals surface area contributed by atoms with E-state index >= 15 is 0 Å². The van der Waals surface area contributed by atoms with Gasteiger partial charge in [0.1, 0.15) is 6.54 Å². The molecular weight excluding hydrogens is 148 g/mol. The fraction of sp³-hybridized carbons (Fsp3) is 0.667. The summed E-state index contributed by atoms with van der Waals surface area (Å²) in [5.41, 5.74) is 2.37. The summed E-state index contributed by atoms with van der Waals surface area (Å²) in [7, 11) is 0. The van der Waals surface area contributed by atoms with E-state index in [-0.39, 0.29) is 12.5 Å². The molecule has 0 bridgehead atoms. The van der Waals surface area contributed by atoms with Crippen molar-refractivity contribution in [2.45, 2.75) is 13.8 Å². The number of rotatable bonds is 4. The molecule has 0 fully saturated rings. The Balaban J connectivity index is 3.76. The third-order valence-corrected chi connectivity index (χ3v) is 1.02. The van der Waals surface area contributed by atoms with Crippen molar-refractivity contribution in [3.05, 3.63) is 0 Å². The number of hydrogen-bond acceptors (Lipinski definition) is 3. The normalized spacial score (nSPS) is 9.73. The van der Waals surface area contributed by atoms with Crippen molar-refractivity contribution in [1.82, 2.24) is 10.4 Å². The van der Waals surface area contributed by atoms with Gasteiger partial charge < -0.3 is 5.11 Å². The van der Waals surface area contributed by atoms with E-state index in [0.717, 1.165) is 0 Å². The SMILES string of the molecule is CCN(CC(=O)O)NC(C)=O. The van der Waals surface area contributed by atoms with Crippen molar-refractivity contribution >= 4 is 11.9 Å². The van der Waals surface area contributed by atoms with Crippen molar-refractivity contribution in [1.29, 1.82) is 0 Å². The third kappa shape index (κ3) is 5.35. The molecule has 0 aliphatic carbocycles. The van der Waals surface area contributed by atoms with Crippen LogP contribution in [0.3, 0.4) is 0 Å². The number of carbonyl (C=O) groups is 2. The molecular formula is C6H12N2O3. The van der Waals surface area contributed by atoms with Gasteiger partial charge in [0.25, 0.3) is 0 Å². The molecule has 5 nitrogen and oxygen atoms in total. The lowest BCUT2D eigenvalue weighted by Gasteiger charge is -2.17. The van der Waals surface area contributed by atoms with Crippen molar-refractivity contribution in [3.8, 4) is 0 Å². The lowest BCUT2D eigenvalue weighted by atomic mass is 10.6. The molecule has 0 radical (unpaired) electrons. The van der Waals surface area contributed by atoms with Crippen LogP contribution >= 0.6 is 0 Å². The standard InChI is InChI=1S/C6H12N2O3/c1-3-8(4-6(10)11)7-5(2)9/h3-4H2,1-2H3,(H,7,9)(H,10,11). The first-order chi connectivity index (χ1) is 5.06. The Morgan fingerprint density at radius 1 is 1.55 bits per heavy atom. The van der Waals surface area contributed by atoms with Crippen LogP contribution < -0.4 is 5.43 Å². The van der Waals surface area contributed by atoms with E-state index in [4.69, 9.17) is 5.11 Å². The van der Waals surface area contributed by atoms with Gasteiger partial charge in [0.05, 0.1) is 0 Å². The highest BCUT2D eigenvalue weighted by molar-refractivity contribution is 5.73. The number of amides is 1. The average Bonchev–Trinajstić information content (AvgIpc) is 1.84. The average molecular weight is 160 g/mol. The number of hydrogen-bond donors (Lipinski definition) is 2. The van der Waals surface area contributed by atoms with Gasteiger partial charge in [-0.15, -0.1) is 0 Å². The summed E-state index contributed by atoms with van der Waals surface area (Å²) in [6, 6.07) is 0. The largest absolute Gasteiger partial charge is 0.480 e. The maximum absolute atomic E-state index is 10.4. The molecule has 0 atom stereocenters. The van der Waals surface area contributed by atoms with E-state index in [9.17, 15) is 9.59 Å². The molecule has 0 saturated heterocycles. The number of carboxylic acid groups (broad SMARTS) is 1. The second-order valence-corrected chi connectivity index (χ2v) is 2.08. The van der Waals surface area contributed by atoms with Gasteiger partial charge in [-0.1, -0.05) is 6.92 Å². The molecule has 0 spiro atoms. The van der Waals surface area contributed by atoms with Crippen molar-refractivity contribution in [2.75, 3.05) is 13.1 Å². The first kappa shape index (κ1) is 9.90. The van der Waals surface area contributed by atoms with Crippen LogP contribution in [0.25, 0.3) is 0 Å². The topological polar surface area (TPSA) is 69.6 Å². The zero-order valence-electron chi connectivity index (χ0n) is 6.63. The van der Waals surface area contributed by atoms with Crippen molar-refractivity contribution in [2.24, 2.45) is 0 Å². The second-order valence-electron chi connectivity index (χ2n) is 2.08. The molecule has 0 aromatic heterocycles. The van der Waals surface area contributed by atoms with E-state index in [1.165, 1.54) is 11.9 Å². The second kappa shape index (κ2) is 4.68. The predicted octanol–water partition coefficient (Wildman–Crippen LogP) is -0.556. The lowest BCUT2D eigenvalue weighted by molar-refractivity contribution is -0.140. The molecule has 11 heavy (non-hydrogen) atoms. The predicted molar refractivity (Wildman–Crippen MR) is 38.7 cm³/mol. The van der Waals surface area contributed by atoms with E-state index in [1.54, 1.807) is 6.92 Å². The Bertz CT molecular complexity index is 142. The summed E-state index contributed by atoms with van der Waals surface area (Å²) in [4.78, 5) is 20.6. The molecule has 0 aromatic carbocycles. The van der Waals surface area contributed by atoms with Crippen LogP contribution in [0.15, 0.2) is 0 Å². The summed E-state index contributed by atoms with van der Waals surface area (Å²) in [6.07, 6.45) is 0. The summed E-state index contributed by atoms with van der Waals surface area (Å²) in [6.45, 7) is 3.41. The van der Waals surface area contributed by atoms with Gasteiger partial charge in [-0.3, -0.25) is 15.0 Å². The van der Waals surface area contributed by atoms with Gasteiger partial charge in [-0.05, 0) is 0 Å². The zero-order valence-corrected chi connectivity index (χ0v) is 6.63. The minimum absolute atomic E-state index is 0.171. The van der Waals surface area contributed by atoms with Gasteiger partial charge in [-0.25, -0.2) is 5.01 Å². The highest BCUT2D eigenvalue weighted by Crippen LogP contribution is 1.80. The highest BCUT2D eigenvalue weighted by Gasteiger charge is 2.06. The fourth-order valence-corrected chi connectivity index (χ4v) is 0.616. The van der Waals surface area contributed by atoms with Gasteiger partial charge >= 0.3 is 5.97 Å². The first-order valence-electron chi connectivity index (χ1n) is 3.30. The molecule has 0 aliphatic rings. The van der Waals surface area contributed by atoms with Crippen LogP contribution in [0.4, 0.5) is 0 Å². The summed E-state index contributed by atoms with van der Waals surface area (Å²) in [5, 5.41) is 9.66. The van der Waals surface area contributed by atoms with Gasteiger partial charge in [0, 0.05) is 13.5 Å². The summed E-state index contributed by atoms with van der Waals surface area (Å²) in [5.74, 6) is -1.21. The molecule has 2 N–H and O–H groups in total. The van der Waals surface area contributed by atoms with E-state index in [1.807, 2.05) is 0 Å². The molecule has 0 rings (SSSR count). The minimum Gasteiger partial charge on any atom is -0.480 e. The van der Waals surface area contributed by atoms with E-state index in [2.05, 4.69) is 5.43 Å². The molecule has 0 aliphatic heterocycles. The Hall–Kier alpha value is -1.10. The number of likely N-dealkylation sites (N-methyl/N-ethyl adjacent to an activating group) is 1. The maximum atomic E-state index is 10.4. The van der Waals surface area contributed by atoms with Gasteiger partial charge in [0.2, 0.25) is 5.91 Å². The maximum Gasteiger partial charge on any atom is 0.319 e. The lowest BCUT2D eigenvalue weighted by Crippen LogP contribution is -2.43. The molecule has 5 heteroatoms. The van der Waals surface area contributed by atoms with Crippen LogP contribution in [0, 0.1) is 0 Å². The molecule has 0 aromatic rings. The summed E-state index contributed by atoms with van der Waals surface area (Å²) >= 11 is 0. The van der Waals surface area contributed by atoms with E-state index < -0.39 is 5.97 Å². The smallest absolute Gasteiger partial charge is 0.319 e. The Labute approximate surface area is 65.0 Å². The van der Waals surface area contributed by atoms with Crippen LogP contribution in [0.1, 0.15) is 13.8 Å². The van der Waals surface area contributed by atoms with Crippen LogP contribution in [-0.4, -0.2) is 35.1 Å². The van der Waals surface area contributed by atoms with Crippen molar-refractivity contribution < 1.29 is 14.7 Å². The first-order valence-corrected chi connectivity index (χ1v) is 3.30.